The molecule has 0 unspecified atom stereocenters. The van der Waals surface area contributed by atoms with Crippen molar-refractivity contribution in [2.24, 2.45) is 0 Å². The van der Waals surface area contributed by atoms with Gasteiger partial charge in [-0.05, 0) is 52.2 Å². The fourth-order valence-electron chi connectivity index (χ4n) is 2.28. The second-order valence-corrected chi connectivity index (χ2v) is 6.24. The Balaban J connectivity index is 1.59. The van der Waals surface area contributed by atoms with Crippen LogP contribution in [0.4, 0.5) is 0 Å². The van der Waals surface area contributed by atoms with E-state index in [1.54, 1.807) is 11.3 Å². The highest BCUT2D eigenvalue weighted by atomic mass is 79.9. The number of nitrogens with zero attached hydrogens (tertiary/aromatic N) is 1. The van der Waals surface area contributed by atoms with Gasteiger partial charge < -0.3 is 5.32 Å². The van der Waals surface area contributed by atoms with Gasteiger partial charge in [-0.1, -0.05) is 0 Å². The molecule has 1 aliphatic carbocycles. The first-order chi connectivity index (χ1) is 8.33. The number of H-pyrrole nitrogens is 1. The normalized spacial score (nSPS) is 19.2. The van der Waals surface area contributed by atoms with Crippen molar-refractivity contribution in [3.05, 3.63) is 38.3 Å². The zero-order valence-corrected chi connectivity index (χ0v) is 11.8. The highest BCUT2D eigenvalue weighted by molar-refractivity contribution is 9.10. The van der Waals surface area contributed by atoms with E-state index in [4.69, 9.17) is 0 Å². The Morgan fingerprint density at radius 1 is 1.59 bits per heavy atom. The van der Waals surface area contributed by atoms with Crippen LogP contribution in [-0.4, -0.2) is 16.2 Å². The number of rotatable bonds is 3. The van der Waals surface area contributed by atoms with Crippen molar-refractivity contribution in [3.8, 4) is 0 Å². The van der Waals surface area contributed by atoms with Crippen molar-refractivity contribution in [2.45, 2.75) is 31.8 Å². The smallest absolute Gasteiger partial charge is 0.0522 e. The molecule has 0 saturated carbocycles. The van der Waals surface area contributed by atoms with Gasteiger partial charge in [0.05, 0.1) is 6.20 Å². The third-order valence-electron chi connectivity index (χ3n) is 3.26. The lowest BCUT2D eigenvalue weighted by molar-refractivity contribution is 0.457. The Hall–Kier alpha value is -0.650. The van der Waals surface area contributed by atoms with Gasteiger partial charge >= 0.3 is 0 Å². The van der Waals surface area contributed by atoms with Crippen LogP contribution in [0.15, 0.2) is 22.1 Å². The quantitative estimate of drug-likeness (QED) is 0.915. The van der Waals surface area contributed by atoms with E-state index < -0.39 is 0 Å². The minimum atomic E-state index is 0.578. The Labute approximate surface area is 113 Å². The van der Waals surface area contributed by atoms with Gasteiger partial charge in [0.25, 0.3) is 0 Å². The van der Waals surface area contributed by atoms with Gasteiger partial charge in [-0.3, -0.25) is 5.10 Å². The molecule has 17 heavy (non-hydrogen) atoms. The van der Waals surface area contributed by atoms with Gasteiger partial charge in [-0.15, -0.1) is 11.3 Å². The van der Waals surface area contributed by atoms with Crippen molar-refractivity contribution in [2.75, 3.05) is 0 Å². The SMILES string of the molecule is Brc1ccsc1CN[C@@H]1CCc2[nH]ncc2C1. The number of aromatic nitrogens is 2. The van der Waals surface area contributed by atoms with Gasteiger partial charge in [-0.25, -0.2) is 0 Å². The Bertz CT molecular complexity index is 505. The molecule has 2 aromatic rings. The molecule has 0 spiro atoms. The largest absolute Gasteiger partial charge is 0.309 e. The average molecular weight is 312 g/mol. The van der Waals surface area contributed by atoms with Crippen molar-refractivity contribution >= 4 is 27.3 Å². The summed E-state index contributed by atoms with van der Waals surface area (Å²) in [5.41, 5.74) is 2.69. The lowest BCUT2D eigenvalue weighted by Crippen LogP contribution is -2.33. The van der Waals surface area contributed by atoms with Gasteiger partial charge in [0.1, 0.15) is 0 Å². The first kappa shape index (κ1) is 11.4. The van der Waals surface area contributed by atoms with Gasteiger partial charge in [0.2, 0.25) is 0 Å². The molecule has 0 saturated heterocycles. The number of aryl methyl sites for hydroxylation is 1. The van der Waals surface area contributed by atoms with Crippen LogP contribution in [0.25, 0.3) is 0 Å². The van der Waals surface area contributed by atoms with Crippen LogP contribution in [-0.2, 0) is 19.4 Å². The van der Waals surface area contributed by atoms with E-state index in [1.807, 2.05) is 6.20 Å². The van der Waals surface area contributed by atoms with E-state index in [2.05, 4.69) is 42.9 Å². The molecule has 1 aliphatic rings. The van der Waals surface area contributed by atoms with Crippen LogP contribution in [0.2, 0.25) is 0 Å². The molecule has 0 aliphatic heterocycles. The molecule has 5 heteroatoms. The summed E-state index contributed by atoms with van der Waals surface area (Å²) in [6.07, 6.45) is 5.36. The third kappa shape index (κ3) is 2.46. The number of halogens is 1. The predicted molar refractivity (Wildman–Crippen MR) is 73.3 cm³/mol. The van der Waals surface area contributed by atoms with Crippen LogP contribution in [0.5, 0.6) is 0 Å². The van der Waals surface area contributed by atoms with Crippen LogP contribution >= 0.6 is 27.3 Å². The molecule has 2 aromatic heterocycles. The highest BCUT2D eigenvalue weighted by Crippen LogP contribution is 2.24. The number of thiophene rings is 1. The standard InChI is InChI=1S/C12H14BrN3S/c13-10-3-4-17-12(10)7-14-9-1-2-11-8(5-9)6-15-16-11/h3-4,6,9,14H,1-2,5,7H2,(H,15,16)/t9-/m1/s1. The average Bonchev–Trinajstić information content (AvgIpc) is 2.94. The van der Waals surface area contributed by atoms with E-state index in [1.165, 1.54) is 27.0 Å². The Morgan fingerprint density at radius 2 is 2.53 bits per heavy atom. The van der Waals surface area contributed by atoms with E-state index in [-0.39, 0.29) is 0 Å². The van der Waals surface area contributed by atoms with Crippen LogP contribution in [0.3, 0.4) is 0 Å². The molecule has 2 heterocycles. The maximum atomic E-state index is 4.10. The molecule has 0 aromatic carbocycles. The van der Waals surface area contributed by atoms with E-state index in [0.29, 0.717) is 6.04 Å². The number of nitrogens with one attached hydrogen (secondary N) is 2. The van der Waals surface area contributed by atoms with Crippen molar-refractivity contribution in [3.63, 3.8) is 0 Å². The molecule has 3 nitrogen and oxygen atoms in total. The molecular weight excluding hydrogens is 298 g/mol. The maximum absolute atomic E-state index is 4.10. The molecule has 90 valence electrons. The number of hydrogen-bond donors (Lipinski definition) is 2. The predicted octanol–water partition coefficient (Wildman–Crippen LogP) is 2.88. The van der Waals surface area contributed by atoms with E-state index in [0.717, 1.165) is 19.4 Å². The summed E-state index contributed by atoms with van der Waals surface area (Å²) in [5, 5.41) is 12.9. The molecule has 2 N–H and O–H groups in total. The molecule has 0 bridgehead atoms. The number of aromatic amines is 1. The lowest BCUT2D eigenvalue weighted by Gasteiger charge is -2.22. The molecule has 3 rings (SSSR count). The highest BCUT2D eigenvalue weighted by Gasteiger charge is 2.19. The topological polar surface area (TPSA) is 40.7 Å². The fourth-order valence-corrected chi connectivity index (χ4v) is 3.72. The molecule has 0 amide bonds. The summed E-state index contributed by atoms with van der Waals surface area (Å²) in [5.74, 6) is 0. The van der Waals surface area contributed by atoms with Gasteiger partial charge in [0, 0.05) is 27.6 Å². The zero-order valence-electron chi connectivity index (χ0n) is 9.37. The number of fused-ring (bicyclic) bond motifs is 1. The molecule has 0 radical (unpaired) electrons. The first-order valence-electron chi connectivity index (χ1n) is 5.79. The summed E-state index contributed by atoms with van der Waals surface area (Å²) >= 11 is 5.36. The second-order valence-electron chi connectivity index (χ2n) is 4.39. The first-order valence-corrected chi connectivity index (χ1v) is 7.46. The maximum Gasteiger partial charge on any atom is 0.0522 e. The fraction of sp³-hybridized carbons (Fsp3) is 0.417. The zero-order chi connectivity index (χ0) is 11.7. The lowest BCUT2D eigenvalue weighted by atomic mass is 9.93. The molecule has 1 atom stereocenters. The molecule has 0 fully saturated rings. The van der Waals surface area contributed by atoms with Crippen molar-refractivity contribution < 1.29 is 0 Å². The van der Waals surface area contributed by atoms with E-state index in [9.17, 15) is 0 Å². The Morgan fingerprint density at radius 3 is 3.35 bits per heavy atom. The summed E-state index contributed by atoms with van der Waals surface area (Å²) in [6, 6.07) is 2.69. The summed E-state index contributed by atoms with van der Waals surface area (Å²) in [4.78, 5) is 1.38. The van der Waals surface area contributed by atoms with E-state index >= 15 is 0 Å². The van der Waals surface area contributed by atoms with Gasteiger partial charge in [0.15, 0.2) is 0 Å². The van der Waals surface area contributed by atoms with Crippen LogP contribution < -0.4 is 5.32 Å². The second kappa shape index (κ2) is 4.92. The third-order valence-corrected chi connectivity index (χ3v) is 5.19. The summed E-state index contributed by atoms with van der Waals surface area (Å²) in [7, 11) is 0. The van der Waals surface area contributed by atoms with Gasteiger partial charge in [-0.2, -0.15) is 5.10 Å². The van der Waals surface area contributed by atoms with Crippen molar-refractivity contribution in [1.82, 2.24) is 15.5 Å². The minimum Gasteiger partial charge on any atom is -0.309 e. The summed E-state index contributed by atoms with van der Waals surface area (Å²) in [6.45, 7) is 0.954. The monoisotopic (exact) mass is 311 g/mol. The van der Waals surface area contributed by atoms with Crippen molar-refractivity contribution in [1.29, 1.82) is 0 Å². The van der Waals surface area contributed by atoms with Crippen LogP contribution in [0, 0.1) is 0 Å². The number of hydrogen-bond acceptors (Lipinski definition) is 3. The minimum absolute atomic E-state index is 0.578. The summed E-state index contributed by atoms with van der Waals surface area (Å²) < 4.78 is 1.22. The molecular formula is C12H14BrN3S. The van der Waals surface area contributed by atoms with Crippen LogP contribution in [0.1, 0.15) is 22.6 Å². The Kier molecular flexibility index (Phi) is 3.31.